The number of aromatic nitrogens is 4. The fraction of sp³-hybridized carbons (Fsp3) is 0.545. The Hall–Kier alpha value is -1.62. The highest BCUT2D eigenvalue weighted by Gasteiger charge is 2.37. The van der Waals surface area contributed by atoms with Gasteiger partial charge in [0.15, 0.2) is 17.7 Å². The number of rotatable bonds is 5. The molecule has 1 aliphatic rings. The van der Waals surface area contributed by atoms with Crippen molar-refractivity contribution >= 4 is 24.8 Å². The van der Waals surface area contributed by atoms with Crippen LogP contribution in [0.5, 0.6) is 0 Å². The molecule has 1 aliphatic heterocycles. The van der Waals surface area contributed by atoms with Crippen LogP contribution in [0.2, 0.25) is 0 Å². The summed E-state index contributed by atoms with van der Waals surface area (Å²) in [4.78, 5) is 29.8. The first-order valence-corrected chi connectivity index (χ1v) is 8.31. The molecule has 0 radical (unpaired) electrons. The van der Waals surface area contributed by atoms with Crippen molar-refractivity contribution in [3.63, 3.8) is 0 Å². The maximum atomic E-state index is 10.7. The van der Waals surface area contributed by atoms with Gasteiger partial charge in [-0.25, -0.2) is 19.5 Å². The molecule has 11 nitrogen and oxygen atoms in total. The lowest BCUT2D eigenvalue weighted by atomic mass is 10.2. The van der Waals surface area contributed by atoms with E-state index in [-0.39, 0.29) is 13.0 Å². The van der Waals surface area contributed by atoms with Crippen LogP contribution in [0, 0.1) is 0 Å². The monoisotopic (exact) mass is 345 g/mol. The molecular weight excluding hydrogens is 329 g/mol. The Morgan fingerprint density at radius 2 is 2.26 bits per heavy atom. The van der Waals surface area contributed by atoms with Crippen LogP contribution >= 0.6 is 7.82 Å². The number of nitrogens with one attached hydrogen (secondary N) is 1. The fourth-order valence-corrected chi connectivity index (χ4v) is 2.85. The van der Waals surface area contributed by atoms with Crippen LogP contribution in [0.15, 0.2) is 12.7 Å². The SMILES string of the molecule is CNc1ncnc2c1ncn2C1OC(COP(=O)(O)O)CC1O. The number of fused-ring (bicyclic) bond motifs is 1. The molecule has 12 heteroatoms. The van der Waals surface area contributed by atoms with Crippen molar-refractivity contribution in [1.82, 2.24) is 19.5 Å². The van der Waals surface area contributed by atoms with Crippen LogP contribution in [0.3, 0.4) is 0 Å². The van der Waals surface area contributed by atoms with Crippen molar-refractivity contribution in [3.8, 4) is 0 Å². The predicted molar refractivity (Wildman–Crippen MR) is 77.4 cm³/mol. The number of anilines is 1. The van der Waals surface area contributed by atoms with Gasteiger partial charge in [0.2, 0.25) is 0 Å². The van der Waals surface area contributed by atoms with Gasteiger partial charge >= 0.3 is 7.82 Å². The third-order valence-corrected chi connectivity index (χ3v) is 3.95. The molecule has 3 rings (SSSR count). The van der Waals surface area contributed by atoms with Crippen molar-refractivity contribution < 1.29 is 28.7 Å². The number of phosphoric ester groups is 1. The first kappa shape index (κ1) is 16.2. The minimum absolute atomic E-state index is 0.175. The molecule has 126 valence electrons. The lowest BCUT2D eigenvalue weighted by Gasteiger charge is -2.17. The van der Waals surface area contributed by atoms with Gasteiger partial charge in [0.1, 0.15) is 17.9 Å². The number of hydrogen-bond acceptors (Lipinski definition) is 8. The largest absolute Gasteiger partial charge is 0.469 e. The Labute approximate surface area is 130 Å². The number of ether oxygens (including phenoxy) is 1. The number of hydrogen-bond donors (Lipinski definition) is 4. The van der Waals surface area contributed by atoms with Gasteiger partial charge < -0.3 is 24.9 Å². The summed E-state index contributed by atoms with van der Waals surface area (Å²) >= 11 is 0. The van der Waals surface area contributed by atoms with Crippen molar-refractivity contribution in [2.75, 3.05) is 19.0 Å². The normalized spacial score (nSPS) is 25.1. The molecule has 1 fully saturated rings. The van der Waals surface area contributed by atoms with Crippen molar-refractivity contribution in [1.29, 1.82) is 0 Å². The lowest BCUT2D eigenvalue weighted by Crippen LogP contribution is -2.19. The minimum Gasteiger partial charge on any atom is -0.388 e. The van der Waals surface area contributed by atoms with Gasteiger partial charge in [-0.2, -0.15) is 0 Å². The van der Waals surface area contributed by atoms with Gasteiger partial charge in [-0.05, 0) is 0 Å². The third kappa shape index (κ3) is 3.34. The average molecular weight is 345 g/mol. The molecule has 0 amide bonds. The molecule has 2 aromatic rings. The van der Waals surface area contributed by atoms with E-state index in [2.05, 4.69) is 24.8 Å². The smallest absolute Gasteiger partial charge is 0.388 e. The van der Waals surface area contributed by atoms with Crippen LogP contribution in [-0.4, -0.2) is 60.3 Å². The standard InChI is InChI=1S/C11H16N5O6P/c1-12-9-8-10(14-4-13-9)16(5-15-8)11-7(17)2-6(22-11)3-21-23(18,19)20/h4-7,11,17H,2-3H2,1H3,(H,12,13,14)(H2,18,19,20). The summed E-state index contributed by atoms with van der Waals surface area (Å²) in [5.74, 6) is 0.544. The zero-order valence-electron chi connectivity index (χ0n) is 12.1. The highest BCUT2D eigenvalue weighted by molar-refractivity contribution is 7.46. The number of phosphoric acid groups is 1. The van der Waals surface area contributed by atoms with E-state index in [0.717, 1.165) is 0 Å². The lowest BCUT2D eigenvalue weighted by molar-refractivity contribution is -0.0481. The van der Waals surface area contributed by atoms with Gasteiger partial charge in [-0.1, -0.05) is 0 Å². The van der Waals surface area contributed by atoms with Gasteiger partial charge in [0.05, 0.1) is 19.0 Å². The van der Waals surface area contributed by atoms with E-state index >= 15 is 0 Å². The molecular formula is C11H16N5O6P. The fourth-order valence-electron chi connectivity index (χ4n) is 2.49. The molecule has 3 heterocycles. The van der Waals surface area contributed by atoms with E-state index in [1.807, 2.05) is 0 Å². The Morgan fingerprint density at radius 3 is 2.96 bits per heavy atom. The van der Waals surface area contributed by atoms with Crippen LogP contribution < -0.4 is 5.32 Å². The zero-order valence-corrected chi connectivity index (χ0v) is 13.0. The first-order chi connectivity index (χ1) is 10.9. The molecule has 3 atom stereocenters. The average Bonchev–Trinajstić information content (AvgIpc) is 3.07. The summed E-state index contributed by atoms with van der Waals surface area (Å²) < 4.78 is 22.3. The summed E-state index contributed by atoms with van der Waals surface area (Å²) in [6, 6.07) is 0. The van der Waals surface area contributed by atoms with Crippen molar-refractivity contribution in [3.05, 3.63) is 12.7 Å². The van der Waals surface area contributed by atoms with Crippen LogP contribution in [0.1, 0.15) is 12.6 Å². The second kappa shape index (κ2) is 6.11. The molecule has 0 saturated carbocycles. The second-order valence-corrected chi connectivity index (χ2v) is 6.27. The molecule has 4 N–H and O–H groups in total. The summed E-state index contributed by atoms with van der Waals surface area (Å²) in [5.41, 5.74) is 1.01. The quantitative estimate of drug-likeness (QED) is 0.528. The predicted octanol–water partition coefficient (Wildman–Crippen LogP) is -0.374. The van der Waals surface area contributed by atoms with E-state index < -0.39 is 26.3 Å². The van der Waals surface area contributed by atoms with E-state index in [1.54, 1.807) is 11.6 Å². The molecule has 23 heavy (non-hydrogen) atoms. The van der Waals surface area contributed by atoms with Gasteiger partial charge in [-0.15, -0.1) is 0 Å². The number of aliphatic hydroxyl groups is 1. The van der Waals surface area contributed by atoms with E-state index in [4.69, 9.17) is 14.5 Å². The number of imidazole rings is 1. The summed E-state index contributed by atoms with van der Waals surface area (Å²) in [7, 11) is -2.87. The molecule has 3 unspecified atom stereocenters. The Kier molecular flexibility index (Phi) is 4.32. The molecule has 1 saturated heterocycles. The Morgan fingerprint density at radius 1 is 1.48 bits per heavy atom. The summed E-state index contributed by atoms with van der Waals surface area (Å²) in [6.07, 6.45) is 0.706. The van der Waals surface area contributed by atoms with Crippen molar-refractivity contribution in [2.45, 2.75) is 24.9 Å². The molecule has 0 aliphatic carbocycles. The maximum absolute atomic E-state index is 10.7. The van der Waals surface area contributed by atoms with Gasteiger partial charge in [0, 0.05) is 13.5 Å². The van der Waals surface area contributed by atoms with E-state index in [9.17, 15) is 9.67 Å². The molecule has 0 aromatic carbocycles. The van der Waals surface area contributed by atoms with Gasteiger partial charge in [-0.3, -0.25) is 9.09 Å². The van der Waals surface area contributed by atoms with Crippen LogP contribution in [0.4, 0.5) is 5.82 Å². The Bertz CT molecular complexity index is 748. The number of aliphatic hydroxyl groups excluding tert-OH is 1. The first-order valence-electron chi connectivity index (χ1n) is 6.78. The topological polar surface area (TPSA) is 152 Å². The van der Waals surface area contributed by atoms with E-state index in [0.29, 0.717) is 17.0 Å². The highest BCUT2D eigenvalue weighted by Crippen LogP contribution is 2.38. The van der Waals surface area contributed by atoms with Crippen LogP contribution in [0.25, 0.3) is 11.2 Å². The maximum Gasteiger partial charge on any atom is 0.469 e. The minimum atomic E-state index is -4.58. The number of nitrogens with zero attached hydrogens (tertiary/aromatic N) is 4. The third-order valence-electron chi connectivity index (χ3n) is 3.46. The Balaban J connectivity index is 1.81. The summed E-state index contributed by atoms with van der Waals surface area (Å²) in [6.45, 7) is -0.318. The van der Waals surface area contributed by atoms with Crippen molar-refractivity contribution in [2.24, 2.45) is 0 Å². The molecule has 2 aromatic heterocycles. The van der Waals surface area contributed by atoms with E-state index in [1.165, 1.54) is 12.7 Å². The second-order valence-electron chi connectivity index (χ2n) is 5.03. The molecule has 0 bridgehead atoms. The summed E-state index contributed by atoms with van der Waals surface area (Å²) in [5, 5.41) is 13.1. The zero-order chi connectivity index (χ0) is 16.6. The highest BCUT2D eigenvalue weighted by atomic mass is 31.2. The van der Waals surface area contributed by atoms with Gasteiger partial charge in [0.25, 0.3) is 0 Å². The van der Waals surface area contributed by atoms with Crippen LogP contribution in [-0.2, 0) is 13.8 Å². The molecule has 0 spiro atoms.